The molecule has 0 amide bonds. The Morgan fingerprint density at radius 3 is 3.21 bits per heavy atom. The van der Waals surface area contributed by atoms with E-state index in [2.05, 4.69) is 27.5 Å². The molecule has 2 heterocycles. The van der Waals surface area contributed by atoms with Crippen molar-refractivity contribution in [2.45, 2.75) is 19.5 Å². The van der Waals surface area contributed by atoms with Crippen LogP contribution in [0.3, 0.4) is 0 Å². The molecule has 1 aromatic heterocycles. The maximum absolute atomic E-state index is 10.8. The van der Waals surface area contributed by atoms with Gasteiger partial charge in [-0.3, -0.25) is 9.79 Å². The number of hydrogen-bond donors (Lipinski definition) is 3. The minimum Gasteiger partial charge on any atom is -0.352 e. The summed E-state index contributed by atoms with van der Waals surface area (Å²) in [6.07, 6.45) is 0. The predicted molar refractivity (Wildman–Crippen MR) is 56.7 cm³/mol. The molecule has 0 saturated heterocycles. The first-order chi connectivity index (χ1) is 6.74. The number of rotatable bonds is 2. The Balaban J connectivity index is 1.86. The fraction of sp³-hybridized carbons (Fsp3) is 0.500. The monoisotopic (exact) mass is 212 g/mol. The summed E-state index contributed by atoms with van der Waals surface area (Å²) < 4.78 is 0. The van der Waals surface area contributed by atoms with Crippen LogP contribution in [0.5, 0.6) is 0 Å². The lowest BCUT2D eigenvalue weighted by Crippen LogP contribution is -2.37. The molecule has 5 nitrogen and oxygen atoms in total. The van der Waals surface area contributed by atoms with E-state index in [1.165, 1.54) is 11.3 Å². The normalized spacial score (nSPS) is 20.4. The largest absolute Gasteiger partial charge is 0.352 e. The van der Waals surface area contributed by atoms with E-state index in [0.717, 1.165) is 18.2 Å². The zero-order valence-corrected chi connectivity index (χ0v) is 8.65. The molecule has 0 saturated carbocycles. The minimum absolute atomic E-state index is 0.0171. The highest BCUT2D eigenvalue weighted by Gasteiger charge is 2.11. The molecule has 1 atom stereocenters. The molecular weight excluding hydrogens is 200 g/mol. The maximum atomic E-state index is 10.8. The molecule has 1 aromatic rings. The summed E-state index contributed by atoms with van der Waals surface area (Å²) in [4.78, 5) is 17.8. The van der Waals surface area contributed by atoms with Crippen molar-refractivity contribution >= 4 is 17.3 Å². The Bertz CT molecular complexity index is 394. The Kier molecular flexibility index (Phi) is 2.53. The molecule has 6 heteroatoms. The predicted octanol–water partition coefficient (Wildman–Crippen LogP) is -0.126. The highest BCUT2D eigenvalue weighted by atomic mass is 32.1. The highest BCUT2D eigenvalue weighted by Crippen LogP contribution is 1.96. The fourth-order valence-corrected chi connectivity index (χ4v) is 1.82. The van der Waals surface area contributed by atoms with Gasteiger partial charge in [-0.15, -0.1) is 0 Å². The third-order valence-corrected chi connectivity index (χ3v) is 2.64. The van der Waals surface area contributed by atoms with Gasteiger partial charge in [0.25, 0.3) is 0 Å². The van der Waals surface area contributed by atoms with Crippen LogP contribution in [-0.2, 0) is 6.54 Å². The smallest absolute Gasteiger partial charge is 0.304 e. The van der Waals surface area contributed by atoms with Gasteiger partial charge < -0.3 is 15.6 Å². The first-order valence-corrected chi connectivity index (χ1v) is 5.33. The molecule has 0 spiro atoms. The van der Waals surface area contributed by atoms with Gasteiger partial charge in [0.15, 0.2) is 5.96 Å². The van der Waals surface area contributed by atoms with Crippen LogP contribution in [0, 0.1) is 0 Å². The average Bonchev–Trinajstić information content (AvgIpc) is 2.72. The lowest BCUT2D eigenvalue weighted by Gasteiger charge is -2.06. The minimum atomic E-state index is -0.0171. The Hall–Kier alpha value is -1.30. The second-order valence-corrected chi connectivity index (χ2v) is 4.10. The third-order valence-electron chi connectivity index (χ3n) is 1.92. The van der Waals surface area contributed by atoms with Crippen molar-refractivity contribution in [2.75, 3.05) is 6.54 Å². The van der Waals surface area contributed by atoms with Crippen molar-refractivity contribution in [2.24, 2.45) is 4.99 Å². The summed E-state index contributed by atoms with van der Waals surface area (Å²) in [6.45, 7) is 3.49. The molecule has 2 rings (SSSR count). The molecule has 0 aromatic carbocycles. The fourth-order valence-electron chi connectivity index (χ4n) is 1.24. The molecular formula is C8H12N4OS. The zero-order valence-electron chi connectivity index (χ0n) is 7.83. The Labute approximate surface area is 85.3 Å². The number of thiazole rings is 1. The van der Waals surface area contributed by atoms with Gasteiger partial charge in [0.1, 0.15) is 0 Å². The zero-order chi connectivity index (χ0) is 9.97. The van der Waals surface area contributed by atoms with Gasteiger partial charge in [-0.2, -0.15) is 0 Å². The van der Waals surface area contributed by atoms with Crippen LogP contribution in [0.2, 0.25) is 0 Å². The topological polar surface area (TPSA) is 69.3 Å². The van der Waals surface area contributed by atoms with Crippen molar-refractivity contribution in [1.82, 2.24) is 15.6 Å². The molecule has 0 radical (unpaired) electrons. The van der Waals surface area contributed by atoms with Gasteiger partial charge in [0.05, 0.1) is 13.1 Å². The summed E-state index contributed by atoms with van der Waals surface area (Å²) in [5.74, 6) is 0.810. The van der Waals surface area contributed by atoms with Crippen LogP contribution in [-0.4, -0.2) is 23.5 Å². The number of nitrogens with one attached hydrogen (secondary N) is 3. The number of aliphatic imine (C=N–C) groups is 1. The van der Waals surface area contributed by atoms with E-state index in [4.69, 9.17) is 0 Å². The molecule has 3 N–H and O–H groups in total. The van der Waals surface area contributed by atoms with Crippen LogP contribution in [0.15, 0.2) is 15.2 Å². The number of H-pyrrole nitrogens is 1. The quantitative estimate of drug-likeness (QED) is 0.640. The molecule has 0 aliphatic carbocycles. The Morgan fingerprint density at radius 1 is 1.79 bits per heavy atom. The van der Waals surface area contributed by atoms with E-state index in [1.54, 1.807) is 0 Å². The van der Waals surface area contributed by atoms with Gasteiger partial charge in [0, 0.05) is 17.1 Å². The number of hydrogen-bond acceptors (Lipinski definition) is 5. The summed E-state index contributed by atoms with van der Waals surface area (Å²) in [5.41, 5.74) is 0.893. The summed E-state index contributed by atoms with van der Waals surface area (Å²) in [6, 6.07) is 0.402. The first-order valence-electron chi connectivity index (χ1n) is 4.45. The second kappa shape index (κ2) is 3.83. The van der Waals surface area contributed by atoms with E-state index >= 15 is 0 Å². The molecule has 14 heavy (non-hydrogen) atoms. The van der Waals surface area contributed by atoms with Crippen molar-refractivity contribution < 1.29 is 0 Å². The van der Waals surface area contributed by atoms with E-state index in [-0.39, 0.29) is 4.87 Å². The van der Waals surface area contributed by atoms with Gasteiger partial charge in [0.2, 0.25) is 0 Å². The SMILES string of the molecule is CC1CN=C(NCc2csc(=O)[nH]2)N1. The first kappa shape index (κ1) is 9.26. The number of aromatic amines is 1. The molecule has 1 aliphatic heterocycles. The van der Waals surface area contributed by atoms with E-state index < -0.39 is 0 Å². The molecule has 76 valence electrons. The molecule has 0 bridgehead atoms. The second-order valence-electron chi connectivity index (χ2n) is 3.26. The number of aromatic nitrogens is 1. The van der Waals surface area contributed by atoms with Crippen molar-refractivity contribution in [3.63, 3.8) is 0 Å². The molecule has 1 unspecified atom stereocenters. The Morgan fingerprint density at radius 2 is 2.64 bits per heavy atom. The third kappa shape index (κ3) is 2.14. The average molecular weight is 212 g/mol. The van der Waals surface area contributed by atoms with Crippen LogP contribution < -0.4 is 15.5 Å². The van der Waals surface area contributed by atoms with Crippen LogP contribution in [0.1, 0.15) is 12.6 Å². The summed E-state index contributed by atoms with van der Waals surface area (Å²) in [7, 11) is 0. The summed E-state index contributed by atoms with van der Waals surface area (Å²) in [5, 5.41) is 8.11. The van der Waals surface area contributed by atoms with E-state index in [9.17, 15) is 4.79 Å². The van der Waals surface area contributed by atoms with Crippen LogP contribution >= 0.6 is 11.3 Å². The number of guanidine groups is 1. The van der Waals surface area contributed by atoms with Gasteiger partial charge in [-0.05, 0) is 6.92 Å². The van der Waals surface area contributed by atoms with E-state index in [0.29, 0.717) is 12.6 Å². The lowest BCUT2D eigenvalue weighted by molar-refractivity contribution is 0.712. The molecule has 0 fully saturated rings. The van der Waals surface area contributed by atoms with Crippen LogP contribution in [0.4, 0.5) is 0 Å². The van der Waals surface area contributed by atoms with Gasteiger partial charge >= 0.3 is 4.87 Å². The van der Waals surface area contributed by atoms with E-state index in [1.807, 2.05) is 5.38 Å². The van der Waals surface area contributed by atoms with Crippen molar-refractivity contribution in [3.8, 4) is 0 Å². The summed E-state index contributed by atoms with van der Waals surface area (Å²) >= 11 is 1.18. The standard InChI is InChI=1S/C8H12N4OS/c1-5-2-9-7(11-5)10-3-6-4-14-8(13)12-6/h4-5H,2-3H2,1H3,(H,12,13)(H2,9,10,11). The number of nitrogens with zero attached hydrogens (tertiary/aromatic N) is 1. The van der Waals surface area contributed by atoms with Gasteiger partial charge in [-0.25, -0.2) is 0 Å². The van der Waals surface area contributed by atoms with Gasteiger partial charge in [-0.1, -0.05) is 11.3 Å². The highest BCUT2D eigenvalue weighted by molar-refractivity contribution is 7.07. The lowest BCUT2D eigenvalue weighted by atomic mass is 10.4. The van der Waals surface area contributed by atoms with Crippen molar-refractivity contribution in [3.05, 3.63) is 20.7 Å². The van der Waals surface area contributed by atoms with Crippen molar-refractivity contribution in [1.29, 1.82) is 0 Å². The molecule has 1 aliphatic rings. The van der Waals surface area contributed by atoms with Crippen LogP contribution in [0.25, 0.3) is 0 Å². The maximum Gasteiger partial charge on any atom is 0.304 e.